The van der Waals surface area contributed by atoms with E-state index in [0.717, 1.165) is 34.6 Å². The summed E-state index contributed by atoms with van der Waals surface area (Å²) in [7, 11) is 0. The number of carbonyl (C=O) groups excluding carboxylic acids is 3. The smallest absolute Gasteiger partial charge is 0.341 e. The lowest BCUT2D eigenvalue weighted by atomic mass is 9.72. The van der Waals surface area contributed by atoms with Gasteiger partial charge in [-0.05, 0) is 43.1 Å². The molecule has 1 aliphatic heterocycles. The largest absolute Gasteiger partial charge is 0.462 e. The third kappa shape index (κ3) is 3.15. The van der Waals surface area contributed by atoms with E-state index >= 15 is 0 Å². The molecule has 0 spiro atoms. The van der Waals surface area contributed by atoms with E-state index in [2.05, 4.69) is 20.8 Å². The van der Waals surface area contributed by atoms with Gasteiger partial charge in [0.05, 0.1) is 12.2 Å². The molecule has 0 saturated carbocycles. The number of carbonyl (C=O) groups is 3. The Labute approximate surface area is 151 Å². The molecule has 1 aromatic heterocycles. The lowest BCUT2D eigenvalue weighted by Crippen LogP contribution is -2.30. The third-order valence-electron chi connectivity index (χ3n) is 4.96. The van der Waals surface area contributed by atoms with Gasteiger partial charge >= 0.3 is 5.97 Å². The van der Waals surface area contributed by atoms with E-state index in [1.54, 1.807) is 6.92 Å². The van der Waals surface area contributed by atoms with Gasteiger partial charge in [0, 0.05) is 17.0 Å². The van der Waals surface area contributed by atoms with Crippen molar-refractivity contribution < 1.29 is 19.1 Å². The maximum absolute atomic E-state index is 12.6. The van der Waals surface area contributed by atoms with Crippen molar-refractivity contribution in [1.82, 2.24) is 0 Å². The van der Waals surface area contributed by atoms with Crippen molar-refractivity contribution in [2.75, 3.05) is 11.5 Å². The molecule has 0 fully saturated rings. The summed E-state index contributed by atoms with van der Waals surface area (Å²) >= 11 is 1.38. The van der Waals surface area contributed by atoms with E-state index < -0.39 is 17.8 Å². The van der Waals surface area contributed by atoms with Gasteiger partial charge in [0.2, 0.25) is 0 Å². The van der Waals surface area contributed by atoms with Crippen molar-refractivity contribution in [3.63, 3.8) is 0 Å². The molecule has 3 rings (SSSR count). The number of ether oxygens (including phenoxy) is 1. The Morgan fingerprint density at radius 1 is 1.28 bits per heavy atom. The summed E-state index contributed by atoms with van der Waals surface area (Å²) < 4.78 is 5.22. The van der Waals surface area contributed by atoms with Gasteiger partial charge in [0.15, 0.2) is 0 Å². The Morgan fingerprint density at radius 3 is 2.48 bits per heavy atom. The summed E-state index contributed by atoms with van der Waals surface area (Å²) in [6.45, 7) is 8.68. The van der Waals surface area contributed by atoms with Gasteiger partial charge in [0.1, 0.15) is 5.00 Å². The van der Waals surface area contributed by atoms with Crippen molar-refractivity contribution in [3.05, 3.63) is 28.2 Å². The van der Waals surface area contributed by atoms with Gasteiger partial charge in [-0.1, -0.05) is 20.8 Å². The highest BCUT2D eigenvalue weighted by atomic mass is 32.1. The average molecular weight is 361 g/mol. The minimum Gasteiger partial charge on any atom is -0.462 e. The molecule has 0 radical (unpaired) electrons. The van der Waals surface area contributed by atoms with Crippen molar-refractivity contribution in [1.29, 1.82) is 0 Å². The Hall–Kier alpha value is -1.95. The molecule has 2 aliphatic rings. The Balaban J connectivity index is 2.07. The van der Waals surface area contributed by atoms with Crippen LogP contribution in [0.2, 0.25) is 0 Å². The van der Waals surface area contributed by atoms with Crippen LogP contribution in [0, 0.1) is 11.3 Å². The molecular formula is C19H23NO4S. The SMILES string of the molecule is CCOC(=O)c1c(N2C(=O)C=CC2=O)sc2c1CC[C@H](C(C)(C)C)C2. The van der Waals surface area contributed by atoms with E-state index in [-0.39, 0.29) is 12.0 Å². The van der Waals surface area contributed by atoms with Crippen LogP contribution < -0.4 is 4.90 Å². The normalized spacial score (nSPS) is 20.2. The standard InChI is InChI=1S/C19H23NO4S/c1-5-24-18(23)16-12-7-6-11(19(2,3)4)10-13(12)25-17(16)20-14(21)8-9-15(20)22/h8-9,11H,5-7,10H2,1-4H3/t11-/m0/s1. The molecular weight excluding hydrogens is 338 g/mol. The van der Waals surface area contributed by atoms with Crippen molar-refractivity contribution in [2.24, 2.45) is 11.3 Å². The first-order chi connectivity index (χ1) is 11.7. The average Bonchev–Trinajstić information content (AvgIpc) is 3.05. The van der Waals surface area contributed by atoms with E-state index in [1.165, 1.54) is 23.5 Å². The van der Waals surface area contributed by atoms with Crippen LogP contribution in [0.1, 0.15) is 54.9 Å². The number of nitrogens with zero attached hydrogens (tertiary/aromatic N) is 1. The Bertz CT molecular complexity index is 751. The molecule has 1 aliphatic carbocycles. The molecule has 0 saturated heterocycles. The molecule has 0 N–H and O–H groups in total. The summed E-state index contributed by atoms with van der Waals surface area (Å²) in [6, 6.07) is 0. The first-order valence-electron chi connectivity index (χ1n) is 8.61. The summed E-state index contributed by atoms with van der Waals surface area (Å²) in [5, 5.41) is 0.415. The number of hydrogen-bond donors (Lipinski definition) is 0. The molecule has 6 heteroatoms. The number of rotatable bonds is 3. The van der Waals surface area contributed by atoms with Crippen molar-refractivity contribution >= 4 is 34.1 Å². The number of hydrogen-bond acceptors (Lipinski definition) is 5. The molecule has 1 atom stereocenters. The van der Waals surface area contributed by atoms with Crippen LogP contribution in [0.4, 0.5) is 5.00 Å². The number of fused-ring (bicyclic) bond motifs is 1. The minimum atomic E-state index is -0.447. The van der Waals surface area contributed by atoms with Gasteiger partial charge in [-0.2, -0.15) is 0 Å². The maximum Gasteiger partial charge on any atom is 0.341 e. The van der Waals surface area contributed by atoms with Gasteiger partial charge in [-0.25, -0.2) is 9.69 Å². The fraction of sp³-hybridized carbons (Fsp3) is 0.526. The molecule has 25 heavy (non-hydrogen) atoms. The lowest BCUT2D eigenvalue weighted by Gasteiger charge is -2.33. The van der Waals surface area contributed by atoms with Crippen molar-refractivity contribution in [2.45, 2.75) is 47.0 Å². The monoisotopic (exact) mass is 361 g/mol. The third-order valence-corrected chi connectivity index (χ3v) is 6.20. The van der Waals surface area contributed by atoms with Gasteiger partial charge < -0.3 is 4.74 Å². The van der Waals surface area contributed by atoms with E-state index in [9.17, 15) is 14.4 Å². The number of imide groups is 1. The maximum atomic E-state index is 12.6. The zero-order chi connectivity index (χ0) is 18.4. The summed E-state index contributed by atoms with van der Waals surface area (Å²) in [5.74, 6) is -0.746. The molecule has 0 unspecified atom stereocenters. The number of anilines is 1. The topological polar surface area (TPSA) is 63.7 Å². The van der Waals surface area contributed by atoms with Crippen LogP contribution >= 0.6 is 11.3 Å². The van der Waals surface area contributed by atoms with Gasteiger partial charge in [-0.3, -0.25) is 9.59 Å². The van der Waals surface area contributed by atoms with Crippen LogP contribution in [0.25, 0.3) is 0 Å². The number of esters is 1. The Morgan fingerprint density at radius 2 is 1.92 bits per heavy atom. The Kier molecular flexibility index (Phi) is 4.58. The summed E-state index contributed by atoms with van der Waals surface area (Å²) in [6.07, 6.45) is 5.10. The lowest BCUT2D eigenvalue weighted by molar-refractivity contribution is -0.119. The molecule has 134 valence electrons. The van der Waals surface area contributed by atoms with E-state index in [4.69, 9.17) is 4.74 Å². The van der Waals surface area contributed by atoms with Crippen LogP contribution in [0.5, 0.6) is 0 Å². The highest BCUT2D eigenvalue weighted by Gasteiger charge is 2.38. The second-order valence-electron chi connectivity index (χ2n) is 7.56. The first-order valence-corrected chi connectivity index (χ1v) is 9.43. The van der Waals surface area contributed by atoms with Crippen LogP contribution in [-0.2, 0) is 27.2 Å². The molecule has 2 amide bonds. The minimum absolute atomic E-state index is 0.173. The zero-order valence-corrected chi connectivity index (χ0v) is 15.9. The second-order valence-corrected chi connectivity index (χ2v) is 8.64. The quantitative estimate of drug-likeness (QED) is 0.610. The first kappa shape index (κ1) is 17.9. The fourth-order valence-electron chi connectivity index (χ4n) is 3.48. The molecule has 0 bridgehead atoms. The molecule has 5 nitrogen and oxygen atoms in total. The molecule has 2 heterocycles. The second kappa shape index (κ2) is 6.41. The van der Waals surface area contributed by atoms with Crippen molar-refractivity contribution in [3.8, 4) is 0 Å². The highest BCUT2D eigenvalue weighted by Crippen LogP contribution is 2.46. The predicted octanol–water partition coefficient (Wildman–Crippen LogP) is 3.51. The zero-order valence-electron chi connectivity index (χ0n) is 15.0. The molecule has 1 aromatic rings. The van der Waals surface area contributed by atoms with Crippen LogP contribution in [-0.4, -0.2) is 24.4 Å². The number of thiophene rings is 1. The fourth-order valence-corrected chi connectivity index (χ4v) is 4.91. The van der Waals surface area contributed by atoms with Crippen LogP contribution in [0.15, 0.2) is 12.2 Å². The molecule has 0 aromatic carbocycles. The van der Waals surface area contributed by atoms with Gasteiger partial charge in [-0.15, -0.1) is 11.3 Å². The van der Waals surface area contributed by atoms with E-state index in [0.29, 0.717) is 16.5 Å². The predicted molar refractivity (Wildman–Crippen MR) is 96.9 cm³/mol. The van der Waals surface area contributed by atoms with Crippen LogP contribution in [0.3, 0.4) is 0 Å². The highest BCUT2D eigenvalue weighted by molar-refractivity contribution is 7.17. The summed E-state index contributed by atoms with van der Waals surface area (Å²) in [5.41, 5.74) is 1.53. The number of amides is 2. The van der Waals surface area contributed by atoms with Gasteiger partial charge in [0.25, 0.3) is 11.8 Å². The van der Waals surface area contributed by atoms with E-state index in [1.807, 2.05) is 0 Å². The summed E-state index contributed by atoms with van der Waals surface area (Å²) in [4.78, 5) is 39.0.